The molecular formula is C24H20ClN3O6. The molecule has 0 spiro atoms. The van der Waals surface area contributed by atoms with E-state index in [1.165, 1.54) is 26.5 Å². The van der Waals surface area contributed by atoms with Crippen molar-refractivity contribution in [1.82, 2.24) is 5.43 Å². The lowest BCUT2D eigenvalue weighted by Crippen LogP contribution is -2.32. The van der Waals surface area contributed by atoms with Gasteiger partial charge in [0.15, 0.2) is 11.5 Å². The number of nitrogens with one attached hydrogen (secondary N) is 2. The molecule has 0 saturated heterocycles. The second kappa shape index (κ2) is 11.5. The van der Waals surface area contributed by atoms with Gasteiger partial charge >= 0.3 is 17.8 Å². The molecule has 0 aromatic heterocycles. The lowest BCUT2D eigenvalue weighted by molar-refractivity contribution is -0.136. The van der Waals surface area contributed by atoms with Crippen LogP contribution < -0.4 is 25.0 Å². The number of ether oxygens (including phenoxy) is 3. The van der Waals surface area contributed by atoms with Crippen molar-refractivity contribution in [3.05, 3.63) is 82.9 Å². The number of carbonyl (C=O) groups excluding carboxylic acids is 3. The van der Waals surface area contributed by atoms with Crippen LogP contribution in [0.4, 0.5) is 5.69 Å². The van der Waals surface area contributed by atoms with E-state index in [0.29, 0.717) is 27.6 Å². The molecule has 0 aliphatic rings. The predicted molar refractivity (Wildman–Crippen MR) is 127 cm³/mol. The van der Waals surface area contributed by atoms with E-state index in [0.717, 1.165) is 0 Å². The average molecular weight is 482 g/mol. The Morgan fingerprint density at radius 1 is 0.882 bits per heavy atom. The first-order valence-corrected chi connectivity index (χ1v) is 10.2. The Labute approximate surface area is 200 Å². The largest absolute Gasteiger partial charge is 0.497 e. The predicted octanol–water partition coefficient (Wildman–Crippen LogP) is 3.67. The highest BCUT2D eigenvalue weighted by molar-refractivity contribution is 6.39. The van der Waals surface area contributed by atoms with Crippen molar-refractivity contribution < 1.29 is 28.6 Å². The zero-order valence-corrected chi connectivity index (χ0v) is 19.0. The first-order valence-electron chi connectivity index (χ1n) is 9.84. The molecule has 0 heterocycles. The summed E-state index contributed by atoms with van der Waals surface area (Å²) >= 11 is 5.83. The number of hydrazone groups is 1. The highest BCUT2D eigenvalue weighted by Crippen LogP contribution is 2.28. The van der Waals surface area contributed by atoms with Crippen molar-refractivity contribution in [2.75, 3.05) is 19.5 Å². The number of benzene rings is 3. The smallest absolute Gasteiger partial charge is 0.343 e. The van der Waals surface area contributed by atoms with E-state index in [9.17, 15) is 14.4 Å². The van der Waals surface area contributed by atoms with Crippen molar-refractivity contribution in [2.45, 2.75) is 0 Å². The van der Waals surface area contributed by atoms with E-state index in [4.69, 9.17) is 25.8 Å². The number of methoxy groups -OCH3 is 2. The van der Waals surface area contributed by atoms with E-state index in [1.807, 2.05) is 0 Å². The Bertz CT molecular complexity index is 1230. The number of halogens is 1. The number of carbonyl (C=O) groups is 3. The zero-order valence-electron chi connectivity index (χ0n) is 18.2. The maximum Gasteiger partial charge on any atom is 0.343 e. The van der Waals surface area contributed by atoms with Crippen LogP contribution in [0.25, 0.3) is 0 Å². The van der Waals surface area contributed by atoms with Crippen LogP contribution in [-0.4, -0.2) is 38.2 Å². The number of anilines is 1. The highest BCUT2D eigenvalue weighted by Gasteiger charge is 2.14. The van der Waals surface area contributed by atoms with Crippen molar-refractivity contribution in [1.29, 1.82) is 0 Å². The summed E-state index contributed by atoms with van der Waals surface area (Å²) in [6.07, 6.45) is 1.31. The van der Waals surface area contributed by atoms with Crippen molar-refractivity contribution >= 4 is 41.3 Å². The molecule has 0 radical (unpaired) electrons. The fourth-order valence-corrected chi connectivity index (χ4v) is 2.82. The maximum absolute atomic E-state index is 12.3. The normalized spacial score (nSPS) is 10.4. The average Bonchev–Trinajstić information content (AvgIpc) is 2.85. The molecule has 174 valence electrons. The van der Waals surface area contributed by atoms with E-state index in [-0.39, 0.29) is 11.5 Å². The second-order valence-corrected chi connectivity index (χ2v) is 7.13. The van der Waals surface area contributed by atoms with Gasteiger partial charge in [0, 0.05) is 16.8 Å². The molecule has 0 aliphatic carbocycles. The van der Waals surface area contributed by atoms with Gasteiger partial charge in [-0.2, -0.15) is 5.10 Å². The molecule has 34 heavy (non-hydrogen) atoms. The van der Waals surface area contributed by atoms with Gasteiger partial charge in [-0.25, -0.2) is 10.2 Å². The van der Waals surface area contributed by atoms with Gasteiger partial charge in [0.2, 0.25) is 0 Å². The van der Waals surface area contributed by atoms with Gasteiger partial charge in [-0.05, 0) is 60.2 Å². The summed E-state index contributed by atoms with van der Waals surface area (Å²) in [4.78, 5) is 36.3. The summed E-state index contributed by atoms with van der Waals surface area (Å²) in [5, 5.41) is 6.72. The third-order valence-electron chi connectivity index (χ3n) is 4.38. The van der Waals surface area contributed by atoms with Gasteiger partial charge in [0.05, 0.1) is 26.0 Å². The molecule has 0 saturated carbocycles. The molecule has 3 aromatic rings. The van der Waals surface area contributed by atoms with Gasteiger partial charge in [-0.1, -0.05) is 17.7 Å². The summed E-state index contributed by atoms with van der Waals surface area (Å²) in [7, 11) is 2.91. The molecule has 9 nitrogen and oxygen atoms in total. The molecule has 3 rings (SSSR count). The number of nitrogens with zero attached hydrogens (tertiary/aromatic N) is 1. The number of hydrogen-bond acceptors (Lipinski definition) is 7. The molecule has 2 amide bonds. The molecule has 0 aliphatic heterocycles. The molecular weight excluding hydrogens is 462 g/mol. The molecule has 0 atom stereocenters. The standard InChI is InChI=1S/C24H20ClN3O6/c1-32-19-5-3-4-18(13-19)27-22(29)23(30)28-26-14-15-6-11-20(21(12-15)33-2)34-24(31)16-7-9-17(25)10-8-16/h3-14H,1-2H3,(H,27,29)(H,28,30)/b26-14+. The van der Waals surface area contributed by atoms with Gasteiger partial charge in [-0.3, -0.25) is 9.59 Å². The third kappa shape index (κ3) is 6.57. The molecule has 10 heteroatoms. The van der Waals surface area contributed by atoms with Crippen LogP contribution in [0.3, 0.4) is 0 Å². The highest BCUT2D eigenvalue weighted by atomic mass is 35.5. The summed E-state index contributed by atoms with van der Waals surface area (Å²) in [5.74, 6) is -1.43. The minimum Gasteiger partial charge on any atom is -0.497 e. The fourth-order valence-electron chi connectivity index (χ4n) is 2.70. The fraction of sp³-hybridized carbons (Fsp3) is 0.0833. The third-order valence-corrected chi connectivity index (χ3v) is 4.64. The van der Waals surface area contributed by atoms with Crippen LogP contribution in [0, 0.1) is 0 Å². The lowest BCUT2D eigenvalue weighted by Gasteiger charge is -2.10. The molecule has 3 aromatic carbocycles. The van der Waals surface area contributed by atoms with Gasteiger partial charge in [-0.15, -0.1) is 0 Å². The number of hydrogen-bond donors (Lipinski definition) is 2. The van der Waals surface area contributed by atoms with Crippen LogP contribution in [0.15, 0.2) is 71.8 Å². The monoisotopic (exact) mass is 481 g/mol. The Kier molecular flexibility index (Phi) is 8.20. The van der Waals surface area contributed by atoms with Crippen LogP contribution in [0.5, 0.6) is 17.2 Å². The van der Waals surface area contributed by atoms with E-state index in [1.54, 1.807) is 60.7 Å². The zero-order chi connectivity index (χ0) is 24.5. The van der Waals surface area contributed by atoms with E-state index >= 15 is 0 Å². The Balaban J connectivity index is 1.59. The van der Waals surface area contributed by atoms with Crippen LogP contribution >= 0.6 is 11.6 Å². The van der Waals surface area contributed by atoms with Crippen LogP contribution in [0.1, 0.15) is 15.9 Å². The quantitative estimate of drug-likeness (QED) is 0.175. The first kappa shape index (κ1) is 24.3. The van der Waals surface area contributed by atoms with Crippen molar-refractivity contribution in [2.24, 2.45) is 5.10 Å². The molecule has 0 bridgehead atoms. The number of amides is 2. The number of rotatable bonds is 7. The van der Waals surface area contributed by atoms with Gasteiger partial charge in [0.25, 0.3) is 0 Å². The van der Waals surface area contributed by atoms with Crippen molar-refractivity contribution in [3.8, 4) is 17.2 Å². The Morgan fingerprint density at radius 3 is 2.35 bits per heavy atom. The van der Waals surface area contributed by atoms with Crippen LogP contribution in [0.2, 0.25) is 5.02 Å². The second-order valence-electron chi connectivity index (χ2n) is 6.69. The van der Waals surface area contributed by atoms with E-state index < -0.39 is 17.8 Å². The van der Waals surface area contributed by atoms with E-state index in [2.05, 4.69) is 15.8 Å². The Hall–Kier alpha value is -4.37. The lowest BCUT2D eigenvalue weighted by atomic mass is 10.2. The summed E-state index contributed by atoms with van der Waals surface area (Å²) in [6.45, 7) is 0. The van der Waals surface area contributed by atoms with Crippen LogP contribution in [-0.2, 0) is 9.59 Å². The van der Waals surface area contributed by atoms with Gasteiger partial charge < -0.3 is 19.5 Å². The SMILES string of the molecule is COc1cccc(NC(=O)C(=O)N/N=C/c2ccc(OC(=O)c3ccc(Cl)cc3)c(OC)c2)c1. The number of esters is 1. The van der Waals surface area contributed by atoms with Crippen molar-refractivity contribution in [3.63, 3.8) is 0 Å². The van der Waals surface area contributed by atoms with Gasteiger partial charge in [0.1, 0.15) is 5.75 Å². The Morgan fingerprint density at radius 2 is 1.65 bits per heavy atom. The summed E-state index contributed by atoms with van der Waals surface area (Å²) in [5.41, 5.74) is 3.39. The minimum absolute atomic E-state index is 0.196. The molecule has 0 unspecified atom stereocenters. The summed E-state index contributed by atoms with van der Waals surface area (Å²) < 4.78 is 15.7. The minimum atomic E-state index is -0.959. The molecule has 2 N–H and O–H groups in total. The maximum atomic E-state index is 12.3. The topological polar surface area (TPSA) is 115 Å². The summed E-state index contributed by atoms with van der Waals surface area (Å²) in [6, 6.07) is 17.5. The first-order chi connectivity index (χ1) is 16.4. The molecule has 0 fully saturated rings.